The van der Waals surface area contributed by atoms with E-state index in [1.54, 1.807) is 24.3 Å². The van der Waals surface area contributed by atoms with Gasteiger partial charge in [0, 0.05) is 22.2 Å². The Labute approximate surface area is 190 Å². The minimum atomic E-state index is -0.474. The molecule has 1 N–H and O–H groups in total. The zero-order chi connectivity index (χ0) is 22.4. The number of nitro groups is 1. The molecule has 0 aliphatic rings. The highest BCUT2D eigenvalue weighted by atomic mass is 79.9. The lowest BCUT2D eigenvalue weighted by Crippen LogP contribution is -2.16. The zero-order valence-corrected chi connectivity index (χ0v) is 18.7. The summed E-state index contributed by atoms with van der Waals surface area (Å²) in [5, 5.41) is 15.5. The van der Waals surface area contributed by atoms with Gasteiger partial charge in [0.15, 0.2) is 11.5 Å². The van der Waals surface area contributed by atoms with Crippen LogP contribution in [0.4, 0.5) is 5.69 Å². The van der Waals surface area contributed by atoms with Crippen molar-refractivity contribution in [1.29, 1.82) is 0 Å². The number of nitrogens with one attached hydrogen (secondary N) is 1. The molecule has 0 aliphatic carbocycles. The molecule has 1 amide bonds. The number of terminal acetylenes is 1. The quantitative estimate of drug-likeness (QED) is 0.207. The number of rotatable bonds is 8. The molecule has 1 aromatic heterocycles. The summed E-state index contributed by atoms with van der Waals surface area (Å²) in [6.45, 7) is 2.38. The molecule has 0 radical (unpaired) electrons. The number of hydrogen-bond acceptors (Lipinski definition) is 7. The molecule has 3 rings (SSSR count). The number of nitro benzene ring substituents is 1. The van der Waals surface area contributed by atoms with Gasteiger partial charge in [-0.25, -0.2) is 5.43 Å². The second kappa shape index (κ2) is 10.1. The summed E-state index contributed by atoms with van der Waals surface area (Å²) >= 11 is 4.65. The lowest BCUT2D eigenvalue weighted by molar-refractivity contribution is -0.384. The Morgan fingerprint density at radius 3 is 2.87 bits per heavy atom. The molecule has 0 fully saturated rings. The molecule has 0 bridgehead atoms. The summed E-state index contributed by atoms with van der Waals surface area (Å²) in [7, 11) is 0. The van der Waals surface area contributed by atoms with Crippen LogP contribution in [0.2, 0.25) is 0 Å². The summed E-state index contributed by atoms with van der Waals surface area (Å²) in [6, 6.07) is 9.52. The fourth-order valence-corrected chi connectivity index (χ4v) is 4.16. The van der Waals surface area contributed by atoms with Crippen molar-refractivity contribution in [2.45, 2.75) is 6.92 Å². The van der Waals surface area contributed by atoms with E-state index in [1.165, 1.54) is 29.7 Å². The number of ether oxygens (including phenoxy) is 2. The number of nitrogens with zero attached hydrogens (tertiary/aromatic N) is 2. The average Bonchev–Trinajstić information content (AvgIpc) is 3.17. The van der Waals surface area contributed by atoms with Crippen molar-refractivity contribution >= 4 is 55.2 Å². The number of hydrogen-bond donors (Lipinski definition) is 1. The number of fused-ring (bicyclic) bond motifs is 1. The predicted octanol–water partition coefficient (Wildman–Crippen LogP) is 4.75. The topological polar surface area (TPSA) is 103 Å². The first-order valence-electron chi connectivity index (χ1n) is 8.97. The summed E-state index contributed by atoms with van der Waals surface area (Å²) in [5.74, 6) is 2.96. The largest absolute Gasteiger partial charge is 0.490 e. The second-order valence-electron chi connectivity index (χ2n) is 6.04. The molecular formula is C21H16BrN3O5S. The molecule has 0 atom stereocenters. The number of hydrazone groups is 1. The Bertz CT molecular complexity index is 1220. The number of carbonyl (C=O) groups excluding carboxylic acids is 1. The van der Waals surface area contributed by atoms with Gasteiger partial charge >= 0.3 is 0 Å². The molecule has 1 heterocycles. The van der Waals surface area contributed by atoms with Gasteiger partial charge in [0.1, 0.15) is 6.61 Å². The molecule has 31 heavy (non-hydrogen) atoms. The third kappa shape index (κ3) is 5.39. The van der Waals surface area contributed by atoms with Gasteiger partial charge in [-0.1, -0.05) is 5.92 Å². The molecule has 10 heteroatoms. The van der Waals surface area contributed by atoms with E-state index in [0.29, 0.717) is 38.4 Å². The van der Waals surface area contributed by atoms with Crippen LogP contribution >= 0.6 is 27.3 Å². The standard InChI is InChI=1S/C21H16BrN3O5S/c1-3-7-30-20-16(22)8-13(9-17(20)29-4-2)12-23-24-21(26)19-11-14-10-15(25(27)28)5-6-18(14)31-19/h1,5-6,8-12H,4,7H2,2H3,(H,24,26)/b23-12-. The molecule has 158 valence electrons. The van der Waals surface area contributed by atoms with Crippen LogP contribution < -0.4 is 14.9 Å². The zero-order valence-electron chi connectivity index (χ0n) is 16.3. The Morgan fingerprint density at radius 1 is 1.35 bits per heavy atom. The minimum Gasteiger partial charge on any atom is -0.490 e. The monoisotopic (exact) mass is 501 g/mol. The molecule has 0 aliphatic heterocycles. The first-order chi connectivity index (χ1) is 14.9. The minimum absolute atomic E-state index is 0.0272. The normalized spacial score (nSPS) is 10.7. The number of halogens is 1. The molecule has 0 spiro atoms. The Balaban J connectivity index is 1.75. The Kier molecular flexibility index (Phi) is 7.23. The van der Waals surface area contributed by atoms with Crippen LogP contribution in [0.1, 0.15) is 22.2 Å². The van der Waals surface area contributed by atoms with E-state index in [9.17, 15) is 14.9 Å². The van der Waals surface area contributed by atoms with Gasteiger partial charge in [-0.3, -0.25) is 14.9 Å². The second-order valence-corrected chi connectivity index (χ2v) is 7.98. The first kappa shape index (κ1) is 22.3. The van der Waals surface area contributed by atoms with E-state index in [4.69, 9.17) is 15.9 Å². The molecule has 0 unspecified atom stereocenters. The number of thiophene rings is 1. The van der Waals surface area contributed by atoms with Crippen LogP contribution in [0.5, 0.6) is 11.5 Å². The first-order valence-corrected chi connectivity index (χ1v) is 10.6. The van der Waals surface area contributed by atoms with Gasteiger partial charge in [-0.05, 0) is 52.7 Å². The van der Waals surface area contributed by atoms with E-state index >= 15 is 0 Å². The van der Waals surface area contributed by atoms with Gasteiger partial charge in [0.05, 0.1) is 27.1 Å². The highest BCUT2D eigenvalue weighted by molar-refractivity contribution is 9.10. The number of benzene rings is 2. The third-order valence-corrected chi connectivity index (χ3v) is 5.65. The van der Waals surface area contributed by atoms with Crippen molar-refractivity contribution in [3.63, 3.8) is 0 Å². The maximum Gasteiger partial charge on any atom is 0.281 e. The molecular weight excluding hydrogens is 486 g/mol. The summed E-state index contributed by atoms with van der Waals surface area (Å²) in [6.07, 6.45) is 6.71. The SMILES string of the molecule is C#CCOc1c(Br)cc(/C=N\NC(=O)c2cc3cc([N+](=O)[O-])ccc3s2)cc1OCC. The van der Waals surface area contributed by atoms with Gasteiger partial charge in [0.25, 0.3) is 11.6 Å². The van der Waals surface area contributed by atoms with Crippen molar-refractivity contribution in [3.05, 3.63) is 61.4 Å². The fourth-order valence-electron chi connectivity index (χ4n) is 2.66. The summed E-state index contributed by atoms with van der Waals surface area (Å²) in [5.41, 5.74) is 3.09. The third-order valence-electron chi connectivity index (χ3n) is 3.95. The lowest BCUT2D eigenvalue weighted by Gasteiger charge is -2.13. The maximum atomic E-state index is 12.4. The van der Waals surface area contributed by atoms with E-state index in [2.05, 4.69) is 32.4 Å². The smallest absolute Gasteiger partial charge is 0.281 e. The van der Waals surface area contributed by atoms with Gasteiger partial charge in [-0.2, -0.15) is 5.10 Å². The highest BCUT2D eigenvalue weighted by Crippen LogP contribution is 2.36. The van der Waals surface area contributed by atoms with Crippen LogP contribution in [-0.4, -0.2) is 30.3 Å². The summed E-state index contributed by atoms with van der Waals surface area (Å²) in [4.78, 5) is 23.2. The highest BCUT2D eigenvalue weighted by Gasteiger charge is 2.14. The van der Waals surface area contributed by atoms with Crippen LogP contribution in [0, 0.1) is 22.5 Å². The van der Waals surface area contributed by atoms with Crippen LogP contribution in [0.15, 0.2) is 46.0 Å². The van der Waals surface area contributed by atoms with Gasteiger partial charge in [0.2, 0.25) is 0 Å². The van der Waals surface area contributed by atoms with E-state index in [-0.39, 0.29) is 12.3 Å². The molecule has 8 nitrogen and oxygen atoms in total. The molecule has 2 aromatic carbocycles. The number of carbonyl (C=O) groups is 1. The van der Waals surface area contributed by atoms with Crippen molar-refractivity contribution in [2.75, 3.05) is 13.2 Å². The van der Waals surface area contributed by atoms with Crippen LogP contribution in [0.25, 0.3) is 10.1 Å². The summed E-state index contributed by atoms with van der Waals surface area (Å²) < 4.78 is 12.5. The molecule has 0 saturated heterocycles. The predicted molar refractivity (Wildman–Crippen MR) is 123 cm³/mol. The van der Waals surface area contributed by atoms with Gasteiger partial charge in [-0.15, -0.1) is 17.8 Å². The van der Waals surface area contributed by atoms with E-state index in [1.807, 2.05) is 6.92 Å². The Morgan fingerprint density at radius 2 is 2.16 bits per heavy atom. The van der Waals surface area contributed by atoms with Crippen LogP contribution in [-0.2, 0) is 0 Å². The Hall–Kier alpha value is -3.42. The van der Waals surface area contributed by atoms with Crippen LogP contribution in [0.3, 0.4) is 0 Å². The van der Waals surface area contributed by atoms with Gasteiger partial charge < -0.3 is 9.47 Å². The lowest BCUT2D eigenvalue weighted by atomic mass is 10.2. The fraction of sp³-hybridized carbons (Fsp3) is 0.143. The van der Waals surface area contributed by atoms with Crippen molar-refractivity contribution in [1.82, 2.24) is 5.43 Å². The molecule has 0 saturated carbocycles. The number of non-ortho nitro benzene ring substituents is 1. The maximum absolute atomic E-state index is 12.4. The van der Waals surface area contributed by atoms with E-state index in [0.717, 1.165) is 4.70 Å². The van der Waals surface area contributed by atoms with Crippen molar-refractivity contribution < 1.29 is 19.2 Å². The van der Waals surface area contributed by atoms with Crippen molar-refractivity contribution in [3.8, 4) is 23.8 Å². The van der Waals surface area contributed by atoms with Crippen molar-refractivity contribution in [2.24, 2.45) is 5.10 Å². The average molecular weight is 502 g/mol. The van der Waals surface area contributed by atoms with E-state index < -0.39 is 10.8 Å². The molecule has 3 aromatic rings. The number of amides is 1.